The van der Waals surface area contributed by atoms with Crippen LogP contribution in [0, 0.1) is 0 Å². The van der Waals surface area contributed by atoms with Crippen LogP contribution in [0.15, 0.2) is 6.20 Å². The summed E-state index contributed by atoms with van der Waals surface area (Å²) in [6, 6.07) is 0. The Kier molecular flexibility index (Phi) is 5.12. The molecule has 1 aliphatic carbocycles. The summed E-state index contributed by atoms with van der Waals surface area (Å²) in [5.74, 6) is -0.259. The van der Waals surface area contributed by atoms with E-state index in [1.54, 1.807) is 7.11 Å². The Labute approximate surface area is 124 Å². The predicted octanol–water partition coefficient (Wildman–Crippen LogP) is 2.63. The van der Waals surface area contributed by atoms with Gasteiger partial charge in [0.2, 0.25) is 0 Å². The van der Waals surface area contributed by atoms with E-state index in [9.17, 15) is 9.90 Å². The monoisotopic (exact) mass is 294 g/mol. The second kappa shape index (κ2) is 6.85. The third kappa shape index (κ3) is 3.91. The average molecular weight is 294 g/mol. The Morgan fingerprint density at radius 2 is 2.10 bits per heavy atom. The maximum Gasteiger partial charge on any atom is 0.358 e. The number of methoxy groups -OCH3 is 1. The van der Waals surface area contributed by atoms with Gasteiger partial charge in [-0.3, -0.25) is 0 Å². The van der Waals surface area contributed by atoms with E-state index in [-0.39, 0.29) is 29.6 Å². The van der Waals surface area contributed by atoms with Crippen molar-refractivity contribution < 1.29 is 19.4 Å². The summed E-state index contributed by atoms with van der Waals surface area (Å²) in [6.07, 6.45) is 5.29. The van der Waals surface area contributed by atoms with Gasteiger partial charge in [-0.05, 0) is 19.3 Å². The maximum atomic E-state index is 11.4. The van der Waals surface area contributed by atoms with E-state index >= 15 is 0 Å². The molecule has 2 unspecified atom stereocenters. The first-order valence-electron chi connectivity index (χ1n) is 7.31. The number of aromatic carboxylic acids is 1. The highest BCUT2D eigenvalue weighted by Crippen LogP contribution is 2.27. The largest absolute Gasteiger partial charge is 0.486 e. The third-order valence-electron chi connectivity index (χ3n) is 3.70. The van der Waals surface area contributed by atoms with Crippen molar-refractivity contribution >= 4 is 5.97 Å². The Bertz CT molecular complexity index is 504. The summed E-state index contributed by atoms with van der Waals surface area (Å²) in [5, 5.41) is 9.30. The number of nitrogens with zero attached hydrogens (tertiary/aromatic N) is 2. The maximum absolute atomic E-state index is 11.4. The van der Waals surface area contributed by atoms with E-state index in [1.807, 2.05) is 13.8 Å². The van der Waals surface area contributed by atoms with Gasteiger partial charge in [0.25, 0.3) is 0 Å². The molecule has 116 valence electrons. The number of hydrogen-bond donors (Lipinski definition) is 1. The molecule has 6 nitrogen and oxygen atoms in total. The zero-order chi connectivity index (χ0) is 15.4. The second-order valence-corrected chi connectivity index (χ2v) is 5.67. The summed E-state index contributed by atoms with van der Waals surface area (Å²) >= 11 is 0. The molecule has 2 rings (SSSR count). The van der Waals surface area contributed by atoms with Gasteiger partial charge < -0.3 is 14.6 Å². The van der Waals surface area contributed by atoms with Crippen LogP contribution in [-0.2, 0) is 4.74 Å². The lowest BCUT2D eigenvalue weighted by atomic mass is 9.95. The Balaban J connectivity index is 2.17. The number of hydrogen-bond acceptors (Lipinski definition) is 5. The van der Waals surface area contributed by atoms with Crippen molar-refractivity contribution in [2.45, 2.75) is 57.7 Å². The summed E-state index contributed by atoms with van der Waals surface area (Å²) in [6.45, 7) is 3.84. The molecule has 0 amide bonds. The molecule has 6 heteroatoms. The number of ether oxygens (including phenoxy) is 2. The molecule has 0 radical (unpaired) electrons. The molecule has 0 spiro atoms. The number of carboxylic acid groups (broad SMARTS) is 1. The van der Waals surface area contributed by atoms with Gasteiger partial charge >= 0.3 is 5.97 Å². The van der Waals surface area contributed by atoms with Crippen LogP contribution in [0.25, 0.3) is 0 Å². The van der Waals surface area contributed by atoms with Crippen molar-refractivity contribution in [2.24, 2.45) is 0 Å². The number of rotatable bonds is 5. The lowest BCUT2D eigenvalue weighted by Crippen LogP contribution is -2.30. The Hall–Kier alpha value is -1.69. The van der Waals surface area contributed by atoms with Gasteiger partial charge in [-0.25, -0.2) is 14.8 Å². The normalized spacial score (nSPS) is 22.3. The molecule has 0 aromatic carbocycles. The Morgan fingerprint density at radius 3 is 2.71 bits per heavy atom. The van der Waals surface area contributed by atoms with Gasteiger partial charge in [0.1, 0.15) is 11.9 Å². The Morgan fingerprint density at radius 1 is 1.38 bits per heavy atom. The second-order valence-electron chi connectivity index (χ2n) is 5.67. The molecule has 1 aromatic heterocycles. The van der Waals surface area contributed by atoms with Gasteiger partial charge in [0, 0.05) is 19.4 Å². The zero-order valence-corrected chi connectivity index (χ0v) is 12.7. The lowest BCUT2D eigenvalue weighted by Gasteiger charge is -2.28. The quantitative estimate of drug-likeness (QED) is 0.899. The van der Waals surface area contributed by atoms with E-state index in [0.717, 1.165) is 25.7 Å². The van der Waals surface area contributed by atoms with E-state index < -0.39 is 5.97 Å². The van der Waals surface area contributed by atoms with Crippen LogP contribution >= 0.6 is 0 Å². The standard InChI is InChI=1S/C15H22N2O4/c1-9(2)14-16-8-12(13(17-14)15(18)19)21-11-6-4-5-10(7-11)20-3/h8-11H,4-7H2,1-3H3,(H,18,19). The molecule has 1 aromatic rings. The molecular formula is C15H22N2O4. The van der Waals surface area contributed by atoms with Crippen molar-refractivity contribution in [3.05, 3.63) is 17.7 Å². The van der Waals surface area contributed by atoms with Crippen LogP contribution in [0.2, 0.25) is 0 Å². The van der Waals surface area contributed by atoms with Crippen LogP contribution < -0.4 is 4.74 Å². The molecule has 1 heterocycles. The minimum absolute atomic E-state index is 0.0460. The molecule has 0 bridgehead atoms. The van der Waals surface area contributed by atoms with Gasteiger partial charge in [-0.15, -0.1) is 0 Å². The fraction of sp³-hybridized carbons (Fsp3) is 0.667. The fourth-order valence-electron chi connectivity index (χ4n) is 2.50. The van der Waals surface area contributed by atoms with Crippen LogP contribution in [-0.4, -0.2) is 40.4 Å². The smallest absolute Gasteiger partial charge is 0.358 e. The van der Waals surface area contributed by atoms with Crippen LogP contribution in [0.4, 0.5) is 0 Å². The van der Waals surface area contributed by atoms with Crippen molar-refractivity contribution in [3.8, 4) is 5.75 Å². The average Bonchev–Trinajstić information content (AvgIpc) is 2.47. The van der Waals surface area contributed by atoms with E-state index in [4.69, 9.17) is 9.47 Å². The molecule has 1 saturated carbocycles. The topological polar surface area (TPSA) is 81.5 Å². The number of carbonyl (C=O) groups is 1. The predicted molar refractivity (Wildman–Crippen MR) is 76.8 cm³/mol. The molecule has 21 heavy (non-hydrogen) atoms. The van der Waals surface area contributed by atoms with Crippen molar-refractivity contribution in [2.75, 3.05) is 7.11 Å². The van der Waals surface area contributed by atoms with Crippen molar-refractivity contribution in [3.63, 3.8) is 0 Å². The summed E-state index contributed by atoms with van der Waals surface area (Å²) < 4.78 is 11.2. The van der Waals surface area contributed by atoms with E-state index in [2.05, 4.69) is 9.97 Å². The summed E-state index contributed by atoms with van der Waals surface area (Å²) in [5.41, 5.74) is -0.0618. The highest BCUT2D eigenvalue weighted by atomic mass is 16.5. The highest BCUT2D eigenvalue weighted by molar-refractivity contribution is 5.88. The fourth-order valence-corrected chi connectivity index (χ4v) is 2.50. The van der Waals surface area contributed by atoms with Crippen LogP contribution in [0.3, 0.4) is 0 Å². The van der Waals surface area contributed by atoms with Crippen LogP contribution in [0.5, 0.6) is 5.75 Å². The highest BCUT2D eigenvalue weighted by Gasteiger charge is 2.25. The van der Waals surface area contributed by atoms with Crippen molar-refractivity contribution in [1.29, 1.82) is 0 Å². The lowest BCUT2D eigenvalue weighted by molar-refractivity contribution is 0.0201. The van der Waals surface area contributed by atoms with Crippen LogP contribution in [0.1, 0.15) is 61.8 Å². The number of aromatic nitrogens is 2. The molecule has 0 saturated heterocycles. The minimum Gasteiger partial charge on any atom is -0.486 e. The van der Waals surface area contributed by atoms with Gasteiger partial charge in [0.15, 0.2) is 11.4 Å². The molecule has 1 N–H and O–H groups in total. The molecule has 2 atom stereocenters. The third-order valence-corrected chi connectivity index (χ3v) is 3.70. The van der Waals surface area contributed by atoms with E-state index in [1.165, 1.54) is 6.20 Å². The summed E-state index contributed by atoms with van der Waals surface area (Å²) in [4.78, 5) is 19.7. The zero-order valence-electron chi connectivity index (χ0n) is 12.7. The molecule has 1 fully saturated rings. The van der Waals surface area contributed by atoms with Gasteiger partial charge in [-0.2, -0.15) is 0 Å². The van der Waals surface area contributed by atoms with Gasteiger partial charge in [-0.1, -0.05) is 13.8 Å². The van der Waals surface area contributed by atoms with Gasteiger partial charge in [0.05, 0.1) is 12.3 Å². The molecular weight excluding hydrogens is 272 g/mol. The molecule has 0 aliphatic heterocycles. The van der Waals surface area contributed by atoms with Crippen molar-refractivity contribution in [1.82, 2.24) is 9.97 Å². The summed E-state index contributed by atoms with van der Waals surface area (Å²) in [7, 11) is 1.69. The first-order valence-corrected chi connectivity index (χ1v) is 7.31. The van der Waals surface area contributed by atoms with E-state index in [0.29, 0.717) is 5.82 Å². The molecule has 1 aliphatic rings. The SMILES string of the molecule is COC1CCCC(Oc2cnc(C(C)C)nc2C(=O)O)C1. The first-order chi connectivity index (χ1) is 10.0. The number of carboxylic acids is 1. The minimum atomic E-state index is -1.09. The first kappa shape index (κ1) is 15.7.